The molecule has 0 unspecified atom stereocenters. The number of fused-ring (bicyclic) bond motifs is 1. The molecule has 2 N–H and O–H groups in total. The first kappa shape index (κ1) is 16.7. The molecule has 27 heavy (non-hydrogen) atoms. The summed E-state index contributed by atoms with van der Waals surface area (Å²) in [5.74, 6) is -1.48. The standard InChI is InChI=1S/C22H15FN2O2/c23-17-12-6-7-13-18(17)24-22(27)20-21(26)16-11-5-4-10-15(16)19(25-20)14-8-2-1-3-9-14/h1-13,26H,(H,24,27). The predicted molar refractivity (Wildman–Crippen MR) is 103 cm³/mol. The third-order valence-electron chi connectivity index (χ3n) is 4.27. The third kappa shape index (κ3) is 3.11. The second-order valence-electron chi connectivity index (χ2n) is 6.00. The molecule has 1 heterocycles. The average molecular weight is 358 g/mol. The number of pyridine rings is 1. The number of aromatic nitrogens is 1. The van der Waals surface area contributed by atoms with Gasteiger partial charge in [0, 0.05) is 16.3 Å². The van der Waals surface area contributed by atoms with E-state index in [0.717, 1.165) is 10.9 Å². The maximum absolute atomic E-state index is 13.9. The number of carbonyl (C=O) groups is 1. The summed E-state index contributed by atoms with van der Waals surface area (Å²) in [5.41, 5.74) is 1.25. The molecule has 132 valence electrons. The monoisotopic (exact) mass is 358 g/mol. The summed E-state index contributed by atoms with van der Waals surface area (Å²) in [6, 6.07) is 22.4. The fraction of sp³-hybridized carbons (Fsp3) is 0. The molecular formula is C22H15FN2O2. The van der Waals surface area contributed by atoms with Crippen LogP contribution in [0.4, 0.5) is 10.1 Å². The molecule has 3 aromatic carbocycles. The Kier molecular flexibility index (Phi) is 4.26. The van der Waals surface area contributed by atoms with Gasteiger partial charge in [0.15, 0.2) is 11.4 Å². The minimum absolute atomic E-state index is 0.0260. The fourth-order valence-corrected chi connectivity index (χ4v) is 2.97. The Morgan fingerprint density at radius 3 is 2.22 bits per heavy atom. The van der Waals surface area contributed by atoms with Crippen LogP contribution in [0.3, 0.4) is 0 Å². The lowest BCUT2D eigenvalue weighted by atomic mass is 10.0. The summed E-state index contributed by atoms with van der Waals surface area (Å²) >= 11 is 0. The van der Waals surface area contributed by atoms with Gasteiger partial charge in [-0.1, -0.05) is 66.7 Å². The van der Waals surface area contributed by atoms with Gasteiger partial charge < -0.3 is 10.4 Å². The smallest absolute Gasteiger partial charge is 0.278 e. The minimum Gasteiger partial charge on any atom is -0.505 e. The number of para-hydroxylation sites is 1. The van der Waals surface area contributed by atoms with Crippen LogP contribution in [0.1, 0.15) is 10.5 Å². The van der Waals surface area contributed by atoms with Gasteiger partial charge in [0.1, 0.15) is 5.82 Å². The van der Waals surface area contributed by atoms with Crippen LogP contribution in [-0.4, -0.2) is 16.0 Å². The van der Waals surface area contributed by atoms with Crippen molar-refractivity contribution in [1.82, 2.24) is 4.98 Å². The van der Waals surface area contributed by atoms with E-state index < -0.39 is 11.7 Å². The van der Waals surface area contributed by atoms with E-state index in [2.05, 4.69) is 10.3 Å². The number of aromatic hydroxyl groups is 1. The van der Waals surface area contributed by atoms with Crippen LogP contribution in [0.2, 0.25) is 0 Å². The molecule has 5 heteroatoms. The summed E-state index contributed by atoms with van der Waals surface area (Å²) in [7, 11) is 0. The van der Waals surface area contributed by atoms with E-state index in [4.69, 9.17) is 0 Å². The maximum Gasteiger partial charge on any atom is 0.278 e. The molecule has 0 aliphatic heterocycles. The Morgan fingerprint density at radius 1 is 0.852 bits per heavy atom. The van der Waals surface area contributed by atoms with Crippen LogP contribution >= 0.6 is 0 Å². The molecule has 0 saturated carbocycles. The van der Waals surface area contributed by atoms with E-state index in [1.807, 2.05) is 42.5 Å². The molecule has 0 bridgehead atoms. The number of amides is 1. The summed E-state index contributed by atoms with van der Waals surface area (Å²) in [6.07, 6.45) is 0. The zero-order chi connectivity index (χ0) is 18.8. The number of hydrogen-bond donors (Lipinski definition) is 2. The van der Waals surface area contributed by atoms with Crippen LogP contribution in [0.5, 0.6) is 5.75 Å². The fourth-order valence-electron chi connectivity index (χ4n) is 2.97. The molecule has 4 rings (SSSR count). The van der Waals surface area contributed by atoms with E-state index in [-0.39, 0.29) is 17.1 Å². The summed E-state index contributed by atoms with van der Waals surface area (Å²) in [5, 5.41) is 14.3. The van der Waals surface area contributed by atoms with Gasteiger partial charge in [-0.2, -0.15) is 0 Å². The largest absolute Gasteiger partial charge is 0.505 e. The van der Waals surface area contributed by atoms with Gasteiger partial charge in [-0.05, 0) is 12.1 Å². The van der Waals surface area contributed by atoms with Crippen LogP contribution in [-0.2, 0) is 0 Å². The number of nitrogens with zero attached hydrogens (tertiary/aromatic N) is 1. The first-order valence-corrected chi connectivity index (χ1v) is 8.38. The third-order valence-corrected chi connectivity index (χ3v) is 4.27. The van der Waals surface area contributed by atoms with E-state index in [0.29, 0.717) is 11.1 Å². The number of rotatable bonds is 3. The molecule has 0 saturated heterocycles. The van der Waals surface area contributed by atoms with Gasteiger partial charge in [-0.15, -0.1) is 0 Å². The molecule has 4 aromatic rings. The average Bonchev–Trinajstić information content (AvgIpc) is 2.71. The zero-order valence-corrected chi connectivity index (χ0v) is 14.2. The van der Waals surface area contributed by atoms with Gasteiger partial charge in [0.05, 0.1) is 11.4 Å². The second-order valence-corrected chi connectivity index (χ2v) is 6.00. The van der Waals surface area contributed by atoms with Crippen molar-refractivity contribution in [3.63, 3.8) is 0 Å². The van der Waals surface area contributed by atoms with Gasteiger partial charge in [0.2, 0.25) is 0 Å². The summed E-state index contributed by atoms with van der Waals surface area (Å²) < 4.78 is 13.9. The maximum atomic E-state index is 13.9. The van der Waals surface area contributed by atoms with Crippen LogP contribution in [0, 0.1) is 5.82 Å². The lowest BCUT2D eigenvalue weighted by molar-refractivity contribution is 0.101. The van der Waals surface area contributed by atoms with Gasteiger partial charge >= 0.3 is 0 Å². The van der Waals surface area contributed by atoms with E-state index in [1.165, 1.54) is 18.2 Å². The van der Waals surface area contributed by atoms with Crippen molar-refractivity contribution < 1.29 is 14.3 Å². The van der Waals surface area contributed by atoms with Crippen LogP contribution in [0.25, 0.3) is 22.0 Å². The van der Waals surface area contributed by atoms with Gasteiger partial charge in [0.25, 0.3) is 5.91 Å². The molecule has 0 radical (unpaired) electrons. The highest BCUT2D eigenvalue weighted by Crippen LogP contribution is 2.34. The molecule has 1 aromatic heterocycles. The highest BCUT2D eigenvalue weighted by Gasteiger charge is 2.20. The molecule has 0 atom stereocenters. The highest BCUT2D eigenvalue weighted by molar-refractivity contribution is 6.10. The van der Waals surface area contributed by atoms with Crippen LogP contribution in [0.15, 0.2) is 78.9 Å². The number of anilines is 1. The number of halogens is 1. The molecule has 0 aliphatic carbocycles. The Balaban J connectivity index is 1.87. The summed E-state index contributed by atoms with van der Waals surface area (Å²) in [6.45, 7) is 0. The molecular weight excluding hydrogens is 343 g/mol. The van der Waals surface area contributed by atoms with E-state index >= 15 is 0 Å². The molecule has 0 spiro atoms. The summed E-state index contributed by atoms with van der Waals surface area (Å²) in [4.78, 5) is 17.1. The first-order valence-electron chi connectivity index (χ1n) is 8.38. The predicted octanol–water partition coefficient (Wildman–Crippen LogP) is 5.00. The Hall–Kier alpha value is -3.73. The molecule has 4 nitrogen and oxygen atoms in total. The number of nitrogens with one attached hydrogen (secondary N) is 1. The topological polar surface area (TPSA) is 62.2 Å². The number of hydrogen-bond acceptors (Lipinski definition) is 3. The SMILES string of the molecule is O=C(Nc1ccccc1F)c1nc(-c2ccccc2)c2ccccc2c1O. The second kappa shape index (κ2) is 6.88. The van der Waals surface area contributed by atoms with Gasteiger partial charge in [-0.25, -0.2) is 9.37 Å². The Morgan fingerprint density at radius 2 is 1.48 bits per heavy atom. The van der Waals surface area contributed by atoms with Crippen molar-refractivity contribution in [3.8, 4) is 17.0 Å². The number of benzene rings is 3. The van der Waals surface area contributed by atoms with Gasteiger partial charge in [-0.3, -0.25) is 4.79 Å². The number of carbonyl (C=O) groups excluding carboxylic acids is 1. The quantitative estimate of drug-likeness (QED) is 0.542. The first-order chi connectivity index (χ1) is 13.1. The van der Waals surface area contributed by atoms with E-state index in [9.17, 15) is 14.3 Å². The minimum atomic E-state index is -0.680. The lowest BCUT2D eigenvalue weighted by Gasteiger charge is -2.13. The highest BCUT2D eigenvalue weighted by atomic mass is 19.1. The van der Waals surface area contributed by atoms with Crippen molar-refractivity contribution in [2.24, 2.45) is 0 Å². The van der Waals surface area contributed by atoms with Crippen molar-refractivity contribution in [3.05, 3.63) is 90.4 Å². The van der Waals surface area contributed by atoms with Crippen molar-refractivity contribution in [2.75, 3.05) is 5.32 Å². The van der Waals surface area contributed by atoms with Crippen molar-refractivity contribution in [2.45, 2.75) is 0 Å². The van der Waals surface area contributed by atoms with Crippen molar-refractivity contribution >= 4 is 22.4 Å². The van der Waals surface area contributed by atoms with Crippen LogP contribution < -0.4 is 5.32 Å². The normalized spacial score (nSPS) is 10.7. The Labute approximate surface area is 154 Å². The lowest BCUT2D eigenvalue weighted by Crippen LogP contribution is -2.15. The Bertz CT molecular complexity index is 1140. The van der Waals surface area contributed by atoms with E-state index in [1.54, 1.807) is 18.2 Å². The van der Waals surface area contributed by atoms with Crippen molar-refractivity contribution in [1.29, 1.82) is 0 Å². The molecule has 0 aliphatic rings. The molecule has 1 amide bonds. The molecule has 0 fully saturated rings. The zero-order valence-electron chi connectivity index (χ0n) is 14.2.